The van der Waals surface area contributed by atoms with Crippen LogP contribution in [0.1, 0.15) is 18.1 Å². The Morgan fingerprint density at radius 2 is 1.89 bits per heavy atom. The molecule has 4 nitrogen and oxygen atoms in total. The van der Waals surface area contributed by atoms with Crippen molar-refractivity contribution in [2.45, 2.75) is 26.9 Å². The molecule has 0 radical (unpaired) electrons. The topological polar surface area (TPSA) is 49.8 Å². The van der Waals surface area contributed by atoms with Gasteiger partial charge in [0.25, 0.3) is 0 Å². The Labute approximate surface area is 108 Å². The highest BCUT2D eigenvalue weighted by molar-refractivity contribution is 5.73. The van der Waals surface area contributed by atoms with E-state index in [0.29, 0.717) is 13.2 Å². The van der Waals surface area contributed by atoms with E-state index in [4.69, 9.17) is 9.84 Å². The minimum Gasteiger partial charge on any atom is -0.479 e. The fraction of sp³-hybridized carbons (Fsp3) is 0.500. The first kappa shape index (κ1) is 14.5. The van der Waals surface area contributed by atoms with Crippen molar-refractivity contribution in [1.29, 1.82) is 0 Å². The van der Waals surface area contributed by atoms with Gasteiger partial charge in [0.05, 0.1) is 6.54 Å². The maximum absolute atomic E-state index is 11.0. The number of carbonyl (C=O) groups is 1. The van der Waals surface area contributed by atoms with E-state index in [-0.39, 0.29) is 0 Å². The highest BCUT2D eigenvalue weighted by Crippen LogP contribution is 2.18. The molecule has 0 aliphatic rings. The number of benzene rings is 1. The van der Waals surface area contributed by atoms with E-state index in [0.717, 1.165) is 5.69 Å². The van der Waals surface area contributed by atoms with Crippen molar-refractivity contribution in [2.75, 3.05) is 25.1 Å². The van der Waals surface area contributed by atoms with E-state index < -0.39 is 12.1 Å². The van der Waals surface area contributed by atoms with E-state index in [1.54, 1.807) is 6.92 Å². The van der Waals surface area contributed by atoms with E-state index >= 15 is 0 Å². The van der Waals surface area contributed by atoms with Gasteiger partial charge in [-0.05, 0) is 44.0 Å². The largest absolute Gasteiger partial charge is 0.479 e. The molecule has 0 bridgehead atoms. The van der Waals surface area contributed by atoms with Crippen LogP contribution in [0.25, 0.3) is 0 Å². The number of ether oxygens (including phenoxy) is 1. The van der Waals surface area contributed by atoms with Crippen molar-refractivity contribution in [1.82, 2.24) is 0 Å². The van der Waals surface area contributed by atoms with Crippen LogP contribution in [0.3, 0.4) is 0 Å². The molecule has 0 heterocycles. The van der Waals surface area contributed by atoms with Gasteiger partial charge in [-0.15, -0.1) is 0 Å². The van der Waals surface area contributed by atoms with Crippen LogP contribution in [0.15, 0.2) is 18.2 Å². The van der Waals surface area contributed by atoms with E-state index in [9.17, 15) is 4.79 Å². The lowest BCUT2D eigenvalue weighted by molar-refractivity contribution is -0.149. The summed E-state index contributed by atoms with van der Waals surface area (Å²) in [4.78, 5) is 12.9. The molecule has 4 heteroatoms. The number of hydrogen-bond donors (Lipinski definition) is 1. The van der Waals surface area contributed by atoms with Gasteiger partial charge in [0.1, 0.15) is 0 Å². The zero-order valence-electron chi connectivity index (χ0n) is 11.4. The van der Waals surface area contributed by atoms with Gasteiger partial charge in [-0.2, -0.15) is 0 Å². The fourth-order valence-corrected chi connectivity index (χ4v) is 1.93. The van der Waals surface area contributed by atoms with Crippen LogP contribution in [0.4, 0.5) is 5.69 Å². The number of hydrogen-bond acceptors (Lipinski definition) is 3. The Hall–Kier alpha value is -1.55. The summed E-state index contributed by atoms with van der Waals surface area (Å²) in [5, 5.41) is 9.06. The molecule has 1 unspecified atom stereocenters. The van der Waals surface area contributed by atoms with Gasteiger partial charge >= 0.3 is 5.97 Å². The summed E-state index contributed by atoms with van der Waals surface area (Å²) in [6.07, 6.45) is -0.791. The number of likely N-dealkylation sites (N-methyl/N-ethyl adjacent to an activating group) is 1. The number of aliphatic carboxylic acids is 1. The maximum Gasteiger partial charge on any atom is 0.334 e. The number of anilines is 1. The molecule has 1 rings (SSSR count). The maximum atomic E-state index is 11.0. The van der Waals surface area contributed by atoms with Crippen molar-refractivity contribution in [3.05, 3.63) is 29.3 Å². The monoisotopic (exact) mass is 251 g/mol. The quantitative estimate of drug-likeness (QED) is 0.842. The number of carboxylic acid groups (broad SMARTS) is 1. The number of aryl methyl sites for hydroxylation is 2. The Morgan fingerprint density at radius 1 is 1.33 bits per heavy atom. The van der Waals surface area contributed by atoms with E-state index in [2.05, 4.69) is 6.07 Å². The second-order valence-electron chi connectivity index (χ2n) is 4.51. The summed E-state index contributed by atoms with van der Waals surface area (Å²) in [5.74, 6) is -0.923. The third-order valence-electron chi connectivity index (χ3n) is 2.73. The lowest BCUT2D eigenvalue weighted by Gasteiger charge is -2.24. The van der Waals surface area contributed by atoms with Crippen LogP contribution in [-0.2, 0) is 9.53 Å². The van der Waals surface area contributed by atoms with Gasteiger partial charge in [-0.25, -0.2) is 4.79 Å². The molecule has 1 aromatic carbocycles. The predicted octanol–water partition coefficient (Wildman–Crippen LogP) is 2.23. The van der Waals surface area contributed by atoms with E-state index in [1.165, 1.54) is 11.1 Å². The van der Waals surface area contributed by atoms with Crippen molar-refractivity contribution in [3.63, 3.8) is 0 Å². The molecule has 0 fully saturated rings. The Morgan fingerprint density at radius 3 is 2.33 bits per heavy atom. The molecular weight excluding hydrogens is 230 g/mol. The van der Waals surface area contributed by atoms with Crippen LogP contribution >= 0.6 is 0 Å². The molecule has 100 valence electrons. The van der Waals surface area contributed by atoms with Gasteiger partial charge in [-0.1, -0.05) is 6.07 Å². The third-order valence-corrected chi connectivity index (χ3v) is 2.73. The summed E-state index contributed by atoms with van der Waals surface area (Å²) >= 11 is 0. The molecule has 0 saturated heterocycles. The molecule has 1 atom stereocenters. The lowest BCUT2D eigenvalue weighted by Crippen LogP contribution is -2.36. The van der Waals surface area contributed by atoms with Gasteiger partial charge < -0.3 is 14.7 Å². The molecule has 18 heavy (non-hydrogen) atoms. The molecule has 0 saturated carbocycles. The minimum atomic E-state index is -0.923. The molecule has 0 spiro atoms. The Kier molecular flexibility index (Phi) is 5.16. The minimum absolute atomic E-state index is 0.339. The second-order valence-corrected chi connectivity index (χ2v) is 4.51. The van der Waals surface area contributed by atoms with Gasteiger partial charge in [0.2, 0.25) is 0 Å². The molecule has 1 N–H and O–H groups in total. The van der Waals surface area contributed by atoms with Crippen molar-refractivity contribution in [3.8, 4) is 0 Å². The van der Waals surface area contributed by atoms with Gasteiger partial charge in [0.15, 0.2) is 6.10 Å². The standard InChI is InChI=1S/C14H21NO3/c1-5-18-13(14(16)17)9-15(4)12-7-10(2)6-11(3)8-12/h6-8,13H,5,9H2,1-4H3,(H,16,17). The summed E-state index contributed by atoms with van der Waals surface area (Å²) < 4.78 is 5.21. The SMILES string of the molecule is CCOC(CN(C)c1cc(C)cc(C)c1)C(=O)O. The fourth-order valence-electron chi connectivity index (χ4n) is 1.93. The highest BCUT2D eigenvalue weighted by atomic mass is 16.5. The van der Waals surface area contributed by atoms with Crippen molar-refractivity contribution < 1.29 is 14.6 Å². The summed E-state index contributed by atoms with van der Waals surface area (Å²) in [7, 11) is 1.88. The first-order valence-electron chi connectivity index (χ1n) is 6.08. The molecule has 1 aromatic rings. The average Bonchev–Trinajstić information content (AvgIpc) is 2.26. The summed E-state index contributed by atoms with van der Waals surface area (Å²) in [6.45, 7) is 6.60. The first-order chi connectivity index (χ1) is 8.43. The second kappa shape index (κ2) is 6.40. The molecule has 0 aromatic heterocycles. The van der Waals surface area contributed by atoms with Crippen LogP contribution in [0.5, 0.6) is 0 Å². The average molecular weight is 251 g/mol. The van der Waals surface area contributed by atoms with Gasteiger partial charge in [0, 0.05) is 19.3 Å². The Bertz CT molecular complexity index is 397. The number of carboxylic acids is 1. The first-order valence-corrected chi connectivity index (χ1v) is 6.08. The lowest BCUT2D eigenvalue weighted by atomic mass is 10.1. The van der Waals surface area contributed by atoms with Crippen LogP contribution in [0, 0.1) is 13.8 Å². The van der Waals surface area contributed by atoms with Crippen molar-refractivity contribution >= 4 is 11.7 Å². The summed E-state index contributed by atoms with van der Waals surface area (Å²) in [5.41, 5.74) is 3.35. The molecule has 0 aliphatic heterocycles. The normalized spacial score (nSPS) is 12.2. The Balaban J connectivity index is 2.79. The zero-order chi connectivity index (χ0) is 13.7. The number of rotatable bonds is 6. The van der Waals surface area contributed by atoms with Crippen molar-refractivity contribution in [2.24, 2.45) is 0 Å². The molecule has 0 aliphatic carbocycles. The third kappa shape index (κ3) is 4.04. The van der Waals surface area contributed by atoms with E-state index in [1.807, 2.05) is 37.9 Å². The molecule has 0 amide bonds. The zero-order valence-corrected chi connectivity index (χ0v) is 11.4. The summed E-state index contributed by atoms with van der Waals surface area (Å²) in [6, 6.07) is 6.17. The molecular formula is C14H21NO3. The van der Waals surface area contributed by atoms with Crippen LogP contribution in [0.2, 0.25) is 0 Å². The highest BCUT2D eigenvalue weighted by Gasteiger charge is 2.19. The van der Waals surface area contributed by atoms with Crippen LogP contribution < -0.4 is 4.90 Å². The van der Waals surface area contributed by atoms with Gasteiger partial charge in [-0.3, -0.25) is 0 Å². The number of nitrogens with zero attached hydrogens (tertiary/aromatic N) is 1. The predicted molar refractivity (Wildman–Crippen MR) is 72.2 cm³/mol. The van der Waals surface area contributed by atoms with Crippen LogP contribution in [-0.4, -0.2) is 37.4 Å². The smallest absolute Gasteiger partial charge is 0.334 e.